The molecule has 1 aromatic heterocycles. The Morgan fingerprint density at radius 2 is 1.85 bits per heavy atom. The molecular weight excluding hydrogens is 330 g/mol. The highest BCUT2D eigenvalue weighted by atomic mass is 16.2. The molecule has 2 aliphatic heterocycles. The summed E-state index contributed by atoms with van der Waals surface area (Å²) in [6.45, 7) is 3.85. The average molecular weight is 359 g/mol. The van der Waals surface area contributed by atoms with Crippen molar-refractivity contribution in [2.75, 3.05) is 31.5 Å². The fourth-order valence-electron chi connectivity index (χ4n) is 4.06. The van der Waals surface area contributed by atoms with E-state index in [1.807, 2.05) is 16.6 Å². The van der Waals surface area contributed by atoms with Crippen LogP contribution in [0.1, 0.15) is 49.8 Å². The van der Waals surface area contributed by atoms with Crippen molar-refractivity contribution >= 4 is 17.6 Å². The highest BCUT2D eigenvalue weighted by Crippen LogP contribution is 2.32. The fraction of sp³-hybridized carbons (Fsp3) is 0.737. The Morgan fingerprint density at radius 1 is 1.12 bits per heavy atom. The number of hydrogen-bond donors (Lipinski definition) is 1. The lowest BCUT2D eigenvalue weighted by molar-refractivity contribution is -0.133. The van der Waals surface area contributed by atoms with Gasteiger partial charge >= 0.3 is 0 Å². The lowest BCUT2D eigenvalue weighted by Gasteiger charge is -2.30. The van der Waals surface area contributed by atoms with Crippen molar-refractivity contribution in [1.29, 1.82) is 0 Å². The Balaban J connectivity index is 1.42. The van der Waals surface area contributed by atoms with E-state index in [0.29, 0.717) is 18.9 Å². The predicted molar refractivity (Wildman–Crippen MR) is 98.6 cm³/mol. The Hall–Kier alpha value is -1.89. The van der Waals surface area contributed by atoms with E-state index in [0.717, 1.165) is 50.2 Å². The van der Waals surface area contributed by atoms with Gasteiger partial charge in [-0.3, -0.25) is 19.2 Å². The van der Waals surface area contributed by atoms with Crippen molar-refractivity contribution in [1.82, 2.24) is 19.6 Å². The number of aromatic nitrogens is 2. The van der Waals surface area contributed by atoms with E-state index in [9.17, 15) is 9.59 Å². The summed E-state index contributed by atoms with van der Waals surface area (Å²) in [4.78, 5) is 29.2. The fourth-order valence-corrected chi connectivity index (χ4v) is 4.06. The van der Waals surface area contributed by atoms with Crippen LogP contribution in [0.15, 0.2) is 0 Å². The maximum Gasteiger partial charge on any atom is 0.237 e. The smallest absolute Gasteiger partial charge is 0.237 e. The van der Waals surface area contributed by atoms with Gasteiger partial charge in [0.25, 0.3) is 0 Å². The van der Waals surface area contributed by atoms with E-state index in [1.165, 1.54) is 25.7 Å². The molecule has 3 heterocycles. The second-order valence-electron chi connectivity index (χ2n) is 7.92. The van der Waals surface area contributed by atoms with E-state index in [4.69, 9.17) is 0 Å². The third kappa shape index (κ3) is 3.77. The molecule has 26 heavy (non-hydrogen) atoms. The predicted octanol–water partition coefficient (Wildman–Crippen LogP) is 1.53. The SMILES string of the molecule is Cn1nc(NC(=O)C2CC2)c2c1CCN(C(=O)CN1CCCCCC1)C2. The van der Waals surface area contributed by atoms with Crippen molar-refractivity contribution in [2.45, 2.75) is 51.5 Å². The number of rotatable bonds is 4. The van der Waals surface area contributed by atoms with Crippen molar-refractivity contribution < 1.29 is 9.59 Å². The first-order valence-corrected chi connectivity index (χ1v) is 9.97. The molecule has 142 valence electrons. The van der Waals surface area contributed by atoms with Crippen LogP contribution in [0.4, 0.5) is 5.82 Å². The molecule has 7 nitrogen and oxygen atoms in total. The van der Waals surface area contributed by atoms with Gasteiger partial charge in [-0.15, -0.1) is 0 Å². The van der Waals surface area contributed by atoms with Gasteiger partial charge in [0.15, 0.2) is 5.82 Å². The lowest BCUT2D eigenvalue weighted by atomic mass is 10.1. The third-order valence-electron chi connectivity index (χ3n) is 5.84. The summed E-state index contributed by atoms with van der Waals surface area (Å²) in [6, 6.07) is 0. The molecule has 1 aromatic rings. The molecule has 1 saturated carbocycles. The molecule has 1 N–H and O–H groups in total. The van der Waals surface area contributed by atoms with Crippen LogP contribution in [0.3, 0.4) is 0 Å². The maximum absolute atomic E-state index is 12.8. The maximum atomic E-state index is 12.8. The van der Waals surface area contributed by atoms with Crippen molar-refractivity contribution in [3.63, 3.8) is 0 Å². The molecular formula is C19H29N5O2. The zero-order valence-corrected chi connectivity index (χ0v) is 15.7. The molecule has 7 heteroatoms. The summed E-state index contributed by atoms with van der Waals surface area (Å²) in [5.74, 6) is 1.06. The van der Waals surface area contributed by atoms with Crippen molar-refractivity contribution in [3.8, 4) is 0 Å². The van der Waals surface area contributed by atoms with E-state index in [1.54, 1.807) is 0 Å². The molecule has 4 rings (SSSR count). The summed E-state index contributed by atoms with van der Waals surface area (Å²) in [6.07, 6.45) is 7.68. The number of aryl methyl sites for hydroxylation is 1. The summed E-state index contributed by atoms with van der Waals surface area (Å²) >= 11 is 0. The number of anilines is 1. The molecule has 2 amide bonds. The highest BCUT2D eigenvalue weighted by molar-refractivity contribution is 5.94. The lowest BCUT2D eigenvalue weighted by Crippen LogP contribution is -2.43. The monoisotopic (exact) mass is 359 g/mol. The van der Waals surface area contributed by atoms with Gasteiger partial charge in [0, 0.05) is 37.2 Å². The van der Waals surface area contributed by atoms with Crippen LogP contribution >= 0.6 is 0 Å². The Morgan fingerprint density at radius 3 is 2.54 bits per heavy atom. The van der Waals surface area contributed by atoms with Crippen LogP contribution < -0.4 is 5.32 Å². The topological polar surface area (TPSA) is 70.5 Å². The molecule has 1 aliphatic carbocycles. The largest absolute Gasteiger partial charge is 0.337 e. The number of amides is 2. The number of likely N-dealkylation sites (tertiary alicyclic amines) is 1. The third-order valence-corrected chi connectivity index (χ3v) is 5.84. The number of nitrogens with zero attached hydrogens (tertiary/aromatic N) is 4. The van der Waals surface area contributed by atoms with Gasteiger partial charge in [-0.1, -0.05) is 12.8 Å². The van der Waals surface area contributed by atoms with Crippen molar-refractivity contribution in [2.24, 2.45) is 13.0 Å². The van der Waals surface area contributed by atoms with E-state index < -0.39 is 0 Å². The summed E-state index contributed by atoms with van der Waals surface area (Å²) in [5.41, 5.74) is 2.15. The standard InChI is InChI=1S/C19H29N5O2/c1-22-16-8-11-24(17(25)13-23-9-4-2-3-5-10-23)12-15(16)18(21-22)20-19(26)14-6-7-14/h14H,2-13H2,1H3,(H,20,21,26). The van der Waals surface area contributed by atoms with Gasteiger partial charge < -0.3 is 10.2 Å². The van der Waals surface area contributed by atoms with Crippen LogP contribution in [0.2, 0.25) is 0 Å². The van der Waals surface area contributed by atoms with Crippen LogP contribution in [0.5, 0.6) is 0 Å². The van der Waals surface area contributed by atoms with Crippen LogP contribution in [0, 0.1) is 5.92 Å². The summed E-state index contributed by atoms with van der Waals surface area (Å²) < 4.78 is 1.86. The Labute approximate surface area is 154 Å². The molecule has 1 saturated heterocycles. The van der Waals surface area contributed by atoms with E-state index in [-0.39, 0.29) is 17.7 Å². The number of fused-ring (bicyclic) bond motifs is 1. The molecule has 3 aliphatic rings. The molecule has 2 fully saturated rings. The van der Waals surface area contributed by atoms with Crippen LogP contribution in [-0.4, -0.2) is 57.6 Å². The van der Waals surface area contributed by atoms with Gasteiger partial charge in [0.2, 0.25) is 11.8 Å². The minimum Gasteiger partial charge on any atom is -0.337 e. The number of carbonyl (C=O) groups excluding carboxylic acids is 2. The number of hydrogen-bond acceptors (Lipinski definition) is 4. The first-order valence-electron chi connectivity index (χ1n) is 9.97. The van der Waals surface area contributed by atoms with Gasteiger partial charge in [0.1, 0.15) is 0 Å². The molecule has 0 aromatic carbocycles. The second kappa shape index (κ2) is 7.39. The van der Waals surface area contributed by atoms with Crippen molar-refractivity contribution in [3.05, 3.63) is 11.3 Å². The van der Waals surface area contributed by atoms with E-state index in [2.05, 4.69) is 15.3 Å². The van der Waals surface area contributed by atoms with Gasteiger partial charge in [0.05, 0.1) is 13.1 Å². The minimum atomic E-state index is 0.0684. The summed E-state index contributed by atoms with van der Waals surface area (Å²) in [7, 11) is 1.92. The van der Waals surface area contributed by atoms with Crippen LogP contribution in [0.25, 0.3) is 0 Å². The zero-order chi connectivity index (χ0) is 18.1. The zero-order valence-electron chi connectivity index (χ0n) is 15.7. The van der Waals surface area contributed by atoms with Gasteiger partial charge in [-0.25, -0.2) is 0 Å². The molecule has 0 bridgehead atoms. The second-order valence-corrected chi connectivity index (χ2v) is 7.92. The number of carbonyl (C=O) groups is 2. The number of nitrogens with one attached hydrogen (secondary N) is 1. The first-order chi connectivity index (χ1) is 12.6. The quantitative estimate of drug-likeness (QED) is 0.885. The molecule has 0 unspecified atom stereocenters. The highest BCUT2D eigenvalue weighted by Gasteiger charge is 2.33. The van der Waals surface area contributed by atoms with Gasteiger partial charge in [-0.2, -0.15) is 5.10 Å². The van der Waals surface area contributed by atoms with E-state index >= 15 is 0 Å². The first kappa shape index (κ1) is 17.5. The summed E-state index contributed by atoms with van der Waals surface area (Å²) in [5, 5.41) is 7.48. The molecule has 0 atom stereocenters. The molecule has 0 spiro atoms. The Bertz CT molecular complexity index is 686. The molecule has 0 radical (unpaired) electrons. The Kier molecular flexibility index (Phi) is 4.98. The average Bonchev–Trinajstić information content (AvgIpc) is 3.45. The minimum absolute atomic E-state index is 0.0684. The van der Waals surface area contributed by atoms with Crippen LogP contribution in [-0.2, 0) is 29.6 Å². The normalized spacial score (nSPS) is 21.2. The van der Waals surface area contributed by atoms with Gasteiger partial charge in [-0.05, 0) is 38.8 Å².